The van der Waals surface area contributed by atoms with Gasteiger partial charge < -0.3 is 10.1 Å². The molecule has 0 unspecified atom stereocenters. The van der Waals surface area contributed by atoms with Crippen LogP contribution >= 0.6 is 0 Å². The molecule has 7 heteroatoms. The van der Waals surface area contributed by atoms with Crippen molar-refractivity contribution in [3.63, 3.8) is 0 Å². The number of amides is 1. The Bertz CT molecular complexity index is 582. The molecule has 0 saturated carbocycles. The van der Waals surface area contributed by atoms with E-state index in [2.05, 4.69) is 5.32 Å². The molecule has 0 radical (unpaired) electrons. The highest BCUT2D eigenvalue weighted by atomic mass is 32.2. The monoisotopic (exact) mass is 328 g/mol. The molecule has 0 saturated heterocycles. The molecule has 0 atom stereocenters. The van der Waals surface area contributed by atoms with Gasteiger partial charge in [-0.25, -0.2) is 8.42 Å². The van der Waals surface area contributed by atoms with Crippen molar-refractivity contribution in [1.82, 2.24) is 9.62 Å². The fourth-order valence-corrected chi connectivity index (χ4v) is 2.61. The first kappa shape index (κ1) is 18.4. The summed E-state index contributed by atoms with van der Waals surface area (Å²) in [6.45, 7) is 4.38. The van der Waals surface area contributed by atoms with E-state index < -0.39 is 10.0 Å². The van der Waals surface area contributed by atoms with Crippen molar-refractivity contribution in [2.24, 2.45) is 5.92 Å². The summed E-state index contributed by atoms with van der Waals surface area (Å²) in [5, 5.41) is 2.72. The van der Waals surface area contributed by atoms with Crippen molar-refractivity contribution < 1.29 is 17.9 Å². The van der Waals surface area contributed by atoms with Gasteiger partial charge in [-0.2, -0.15) is 4.31 Å². The van der Waals surface area contributed by atoms with E-state index in [1.165, 1.54) is 10.6 Å². The molecule has 0 aromatic heterocycles. The second-order valence-corrected chi connectivity index (χ2v) is 7.37. The molecule has 0 fully saturated rings. The third kappa shape index (κ3) is 6.03. The third-order valence-electron chi connectivity index (χ3n) is 3.17. The normalized spacial score (nSPS) is 11.7. The van der Waals surface area contributed by atoms with E-state index >= 15 is 0 Å². The number of sulfonamides is 1. The van der Waals surface area contributed by atoms with Crippen LogP contribution in [0.1, 0.15) is 19.4 Å². The number of rotatable bonds is 8. The van der Waals surface area contributed by atoms with Crippen molar-refractivity contribution in [2.75, 3.05) is 26.5 Å². The van der Waals surface area contributed by atoms with E-state index in [4.69, 9.17) is 4.74 Å². The SMILES string of the molecule is COc1ccc(CN(CCNC(=O)C(C)C)S(C)(=O)=O)cc1. The Morgan fingerprint density at radius 3 is 2.32 bits per heavy atom. The molecule has 1 aromatic rings. The van der Waals surface area contributed by atoms with Crippen molar-refractivity contribution in [1.29, 1.82) is 0 Å². The zero-order valence-electron chi connectivity index (χ0n) is 13.5. The number of benzene rings is 1. The number of hydrogen-bond acceptors (Lipinski definition) is 4. The van der Waals surface area contributed by atoms with Gasteiger partial charge in [-0.05, 0) is 17.7 Å². The number of carbonyl (C=O) groups excluding carboxylic acids is 1. The molecule has 1 aromatic carbocycles. The quantitative estimate of drug-likeness (QED) is 0.779. The summed E-state index contributed by atoms with van der Waals surface area (Å²) in [6.07, 6.45) is 1.17. The average molecular weight is 328 g/mol. The summed E-state index contributed by atoms with van der Waals surface area (Å²) in [4.78, 5) is 11.5. The molecule has 0 bridgehead atoms. The Morgan fingerprint density at radius 1 is 1.27 bits per heavy atom. The molecule has 0 heterocycles. The maximum absolute atomic E-state index is 11.9. The summed E-state index contributed by atoms with van der Waals surface area (Å²) in [5.74, 6) is 0.519. The highest BCUT2D eigenvalue weighted by molar-refractivity contribution is 7.88. The van der Waals surface area contributed by atoms with Crippen LogP contribution in [0.2, 0.25) is 0 Å². The molecule has 22 heavy (non-hydrogen) atoms. The van der Waals surface area contributed by atoms with Crippen molar-refractivity contribution in [2.45, 2.75) is 20.4 Å². The topological polar surface area (TPSA) is 75.7 Å². The van der Waals surface area contributed by atoms with Crippen LogP contribution in [0.3, 0.4) is 0 Å². The Kier molecular flexibility index (Phi) is 6.83. The van der Waals surface area contributed by atoms with E-state index in [-0.39, 0.29) is 24.9 Å². The summed E-state index contributed by atoms with van der Waals surface area (Å²) in [7, 11) is -1.77. The van der Waals surface area contributed by atoms with Crippen molar-refractivity contribution >= 4 is 15.9 Å². The lowest BCUT2D eigenvalue weighted by molar-refractivity contribution is -0.123. The third-order valence-corrected chi connectivity index (χ3v) is 4.42. The number of methoxy groups -OCH3 is 1. The van der Waals surface area contributed by atoms with Gasteiger partial charge in [-0.3, -0.25) is 4.79 Å². The van der Waals surface area contributed by atoms with Crippen LogP contribution < -0.4 is 10.1 Å². The molecular weight excluding hydrogens is 304 g/mol. The zero-order valence-corrected chi connectivity index (χ0v) is 14.3. The lowest BCUT2D eigenvalue weighted by Crippen LogP contribution is -2.38. The summed E-state index contributed by atoms with van der Waals surface area (Å²) in [6, 6.07) is 7.22. The highest BCUT2D eigenvalue weighted by Crippen LogP contribution is 2.14. The van der Waals surface area contributed by atoms with E-state index in [1.54, 1.807) is 33.1 Å². The molecule has 0 spiro atoms. The molecule has 1 amide bonds. The van der Waals surface area contributed by atoms with E-state index in [0.29, 0.717) is 6.54 Å². The van der Waals surface area contributed by atoms with Crippen LogP contribution in [0.15, 0.2) is 24.3 Å². The Labute approximate surface area is 132 Å². The minimum absolute atomic E-state index is 0.0853. The van der Waals surface area contributed by atoms with Gasteiger partial charge in [-0.1, -0.05) is 26.0 Å². The summed E-state index contributed by atoms with van der Waals surface area (Å²) < 4.78 is 30.1. The van der Waals surface area contributed by atoms with Gasteiger partial charge in [0.25, 0.3) is 0 Å². The predicted octanol–water partition coefficient (Wildman–Crippen LogP) is 1.23. The van der Waals surface area contributed by atoms with Gasteiger partial charge in [0.05, 0.1) is 13.4 Å². The van der Waals surface area contributed by atoms with Gasteiger partial charge in [0, 0.05) is 25.6 Å². The summed E-state index contributed by atoms with van der Waals surface area (Å²) >= 11 is 0. The maximum Gasteiger partial charge on any atom is 0.222 e. The van der Waals surface area contributed by atoms with Gasteiger partial charge >= 0.3 is 0 Å². The van der Waals surface area contributed by atoms with Crippen molar-refractivity contribution in [3.05, 3.63) is 29.8 Å². The molecule has 0 aliphatic rings. The van der Waals surface area contributed by atoms with Crippen LogP contribution in [-0.4, -0.2) is 45.1 Å². The fourth-order valence-electron chi connectivity index (χ4n) is 1.80. The van der Waals surface area contributed by atoms with Crippen LogP contribution in [0.5, 0.6) is 5.75 Å². The Hall–Kier alpha value is -1.60. The lowest BCUT2D eigenvalue weighted by atomic mass is 10.2. The zero-order chi connectivity index (χ0) is 16.8. The van der Waals surface area contributed by atoms with Crippen molar-refractivity contribution in [3.8, 4) is 5.75 Å². The fraction of sp³-hybridized carbons (Fsp3) is 0.533. The molecular formula is C15H24N2O4S. The number of nitrogens with one attached hydrogen (secondary N) is 1. The van der Waals surface area contributed by atoms with E-state index in [0.717, 1.165) is 11.3 Å². The number of nitrogens with zero attached hydrogens (tertiary/aromatic N) is 1. The van der Waals surface area contributed by atoms with Gasteiger partial charge in [0.1, 0.15) is 5.75 Å². The first-order valence-corrected chi connectivity index (χ1v) is 8.94. The first-order chi connectivity index (χ1) is 10.2. The summed E-state index contributed by atoms with van der Waals surface area (Å²) in [5.41, 5.74) is 0.862. The standard InChI is InChI=1S/C15H24N2O4S/c1-12(2)15(18)16-9-10-17(22(4,19)20)11-13-5-7-14(21-3)8-6-13/h5-8,12H,9-11H2,1-4H3,(H,16,18). The van der Waals surface area contributed by atoms with Gasteiger partial charge in [0.2, 0.25) is 15.9 Å². The van der Waals surface area contributed by atoms with E-state index in [9.17, 15) is 13.2 Å². The van der Waals surface area contributed by atoms with Crippen LogP contribution in [-0.2, 0) is 21.4 Å². The smallest absolute Gasteiger partial charge is 0.222 e. The molecule has 1 rings (SSSR count). The van der Waals surface area contributed by atoms with Crippen LogP contribution in [0, 0.1) is 5.92 Å². The highest BCUT2D eigenvalue weighted by Gasteiger charge is 2.17. The molecule has 1 N–H and O–H groups in total. The number of carbonyl (C=O) groups is 1. The molecule has 124 valence electrons. The molecule has 0 aliphatic heterocycles. The largest absolute Gasteiger partial charge is 0.497 e. The van der Waals surface area contributed by atoms with Crippen LogP contribution in [0.25, 0.3) is 0 Å². The van der Waals surface area contributed by atoms with Gasteiger partial charge in [0.15, 0.2) is 0 Å². The number of hydrogen-bond donors (Lipinski definition) is 1. The average Bonchev–Trinajstić information content (AvgIpc) is 2.45. The first-order valence-electron chi connectivity index (χ1n) is 7.09. The van der Waals surface area contributed by atoms with E-state index in [1.807, 2.05) is 12.1 Å². The Morgan fingerprint density at radius 2 is 1.86 bits per heavy atom. The predicted molar refractivity (Wildman–Crippen MR) is 86.1 cm³/mol. The molecule has 6 nitrogen and oxygen atoms in total. The second kappa shape index (κ2) is 8.14. The van der Waals surface area contributed by atoms with Crippen LogP contribution in [0.4, 0.5) is 0 Å². The maximum atomic E-state index is 11.9. The minimum atomic E-state index is -3.35. The van der Waals surface area contributed by atoms with Gasteiger partial charge in [-0.15, -0.1) is 0 Å². The Balaban J connectivity index is 2.67. The molecule has 0 aliphatic carbocycles. The second-order valence-electron chi connectivity index (χ2n) is 5.39. The number of ether oxygens (including phenoxy) is 1. The minimum Gasteiger partial charge on any atom is -0.497 e. The lowest BCUT2D eigenvalue weighted by Gasteiger charge is -2.20.